The standard InChI is InChI=1S/C11H15N3O/c1-2-10(13-14-11(12)15)8-9-6-4-3-5-7-9/h3-7H,2,8H2,1H3,(H3,12,14,15)/b13-10+. The number of rotatable bonds is 4. The van der Waals surface area contributed by atoms with Crippen molar-refractivity contribution in [3.8, 4) is 0 Å². The number of carbonyl (C=O) groups excluding carboxylic acids is 1. The number of primary amides is 1. The molecule has 2 amide bonds. The van der Waals surface area contributed by atoms with Gasteiger partial charge in [0.25, 0.3) is 0 Å². The number of carbonyl (C=O) groups is 1. The lowest BCUT2D eigenvalue weighted by Gasteiger charge is -2.03. The van der Waals surface area contributed by atoms with Gasteiger partial charge < -0.3 is 5.73 Å². The predicted molar refractivity (Wildman–Crippen MR) is 60.6 cm³/mol. The lowest BCUT2D eigenvalue weighted by atomic mass is 10.1. The van der Waals surface area contributed by atoms with Gasteiger partial charge in [-0.25, -0.2) is 10.2 Å². The van der Waals surface area contributed by atoms with Crippen molar-refractivity contribution >= 4 is 11.7 Å². The van der Waals surface area contributed by atoms with Crippen LogP contribution in [0, 0.1) is 0 Å². The van der Waals surface area contributed by atoms with Gasteiger partial charge in [0, 0.05) is 12.1 Å². The van der Waals surface area contributed by atoms with E-state index in [-0.39, 0.29) is 0 Å². The van der Waals surface area contributed by atoms with Gasteiger partial charge >= 0.3 is 6.03 Å². The van der Waals surface area contributed by atoms with Crippen molar-refractivity contribution in [3.63, 3.8) is 0 Å². The number of nitrogens with two attached hydrogens (primary N) is 1. The molecule has 0 atom stereocenters. The van der Waals surface area contributed by atoms with Gasteiger partial charge in [0.05, 0.1) is 0 Å². The zero-order valence-corrected chi connectivity index (χ0v) is 8.73. The van der Waals surface area contributed by atoms with Crippen LogP contribution in [0.1, 0.15) is 18.9 Å². The predicted octanol–water partition coefficient (Wildman–Crippen LogP) is 1.66. The fourth-order valence-corrected chi connectivity index (χ4v) is 1.21. The molecular formula is C11H15N3O. The smallest absolute Gasteiger partial charge is 0.332 e. The summed E-state index contributed by atoms with van der Waals surface area (Å²) in [5.41, 5.74) is 9.25. The zero-order valence-electron chi connectivity index (χ0n) is 8.73. The third kappa shape index (κ3) is 4.26. The largest absolute Gasteiger partial charge is 0.350 e. The normalized spacial score (nSPS) is 11.1. The maximum atomic E-state index is 10.5. The number of benzene rings is 1. The second-order valence-electron chi connectivity index (χ2n) is 3.17. The first-order valence-electron chi connectivity index (χ1n) is 4.87. The lowest BCUT2D eigenvalue weighted by Crippen LogP contribution is -2.26. The molecule has 0 bridgehead atoms. The molecule has 15 heavy (non-hydrogen) atoms. The first kappa shape index (κ1) is 11.2. The van der Waals surface area contributed by atoms with Gasteiger partial charge in [-0.05, 0) is 12.0 Å². The van der Waals surface area contributed by atoms with Crippen LogP contribution in [0.2, 0.25) is 0 Å². The van der Waals surface area contributed by atoms with Crippen LogP contribution in [0.4, 0.5) is 4.79 Å². The second-order valence-corrected chi connectivity index (χ2v) is 3.17. The van der Waals surface area contributed by atoms with Gasteiger partial charge in [-0.3, -0.25) is 0 Å². The van der Waals surface area contributed by atoms with Crippen LogP contribution >= 0.6 is 0 Å². The molecule has 0 radical (unpaired) electrons. The van der Waals surface area contributed by atoms with E-state index in [1.807, 2.05) is 37.3 Å². The molecule has 3 N–H and O–H groups in total. The summed E-state index contributed by atoms with van der Waals surface area (Å²) in [7, 11) is 0. The summed E-state index contributed by atoms with van der Waals surface area (Å²) in [6, 6.07) is 9.33. The Balaban J connectivity index is 2.61. The third-order valence-electron chi connectivity index (χ3n) is 1.98. The molecule has 0 aliphatic heterocycles. The fourth-order valence-electron chi connectivity index (χ4n) is 1.21. The Hall–Kier alpha value is -1.84. The van der Waals surface area contributed by atoms with Crippen molar-refractivity contribution in [2.24, 2.45) is 10.8 Å². The molecule has 0 heterocycles. The van der Waals surface area contributed by atoms with Gasteiger partial charge in [-0.1, -0.05) is 37.3 Å². The highest BCUT2D eigenvalue weighted by Gasteiger charge is 1.99. The minimum Gasteiger partial charge on any atom is -0.350 e. The summed E-state index contributed by atoms with van der Waals surface area (Å²) in [6.07, 6.45) is 1.52. The van der Waals surface area contributed by atoms with E-state index in [9.17, 15) is 4.79 Å². The van der Waals surface area contributed by atoms with Gasteiger partial charge in [0.15, 0.2) is 0 Å². The van der Waals surface area contributed by atoms with Gasteiger partial charge in [0.1, 0.15) is 0 Å². The molecule has 0 unspecified atom stereocenters. The van der Waals surface area contributed by atoms with Crippen LogP contribution in [0.5, 0.6) is 0 Å². The number of nitrogens with one attached hydrogen (secondary N) is 1. The molecule has 4 heteroatoms. The van der Waals surface area contributed by atoms with E-state index in [1.165, 1.54) is 5.56 Å². The summed E-state index contributed by atoms with van der Waals surface area (Å²) in [4.78, 5) is 10.5. The van der Waals surface area contributed by atoms with Crippen molar-refractivity contribution in [1.82, 2.24) is 5.43 Å². The monoisotopic (exact) mass is 205 g/mol. The minimum atomic E-state index is -0.631. The number of hydrazone groups is 1. The SMILES string of the molecule is CC/C(Cc1ccccc1)=N\NC(N)=O. The fraction of sp³-hybridized carbons (Fsp3) is 0.273. The Bertz CT molecular complexity index is 346. The Morgan fingerprint density at radius 2 is 2.07 bits per heavy atom. The molecular weight excluding hydrogens is 190 g/mol. The molecule has 0 aliphatic carbocycles. The number of amides is 2. The molecule has 1 aromatic carbocycles. The van der Waals surface area contributed by atoms with E-state index < -0.39 is 6.03 Å². The van der Waals surface area contributed by atoms with E-state index in [0.29, 0.717) is 0 Å². The van der Waals surface area contributed by atoms with E-state index in [2.05, 4.69) is 10.5 Å². The highest BCUT2D eigenvalue weighted by atomic mass is 16.2. The van der Waals surface area contributed by atoms with Crippen LogP contribution in [0.25, 0.3) is 0 Å². The van der Waals surface area contributed by atoms with E-state index >= 15 is 0 Å². The van der Waals surface area contributed by atoms with E-state index in [4.69, 9.17) is 5.73 Å². The number of hydrogen-bond donors (Lipinski definition) is 2. The Kier molecular flexibility index (Phi) is 4.34. The summed E-state index contributed by atoms with van der Waals surface area (Å²) in [5, 5.41) is 3.93. The number of nitrogens with zero attached hydrogens (tertiary/aromatic N) is 1. The molecule has 1 aromatic rings. The van der Waals surface area contributed by atoms with Crippen molar-refractivity contribution < 1.29 is 4.79 Å². The van der Waals surface area contributed by atoms with Crippen molar-refractivity contribution in [2.75, 3.05) is 0 Å². The van der Waals surface area contributed by atoms with E-state index in [0.717, 1.165) is 18.6 Å². The highest BCUT2D eigenvalue weighted by molar-refractivity contribution is 5.87. The third-order valence-corrected chi connectivity index (χ3v) is 1.98. The Morgan fingerprint density at radius 3 is 2.60 bits per heavy atom. The lowest BCUT2D eigenvalue weighted by molar-refractivity contribution is 0.249. The van der Waals surface area contributed by atoms with Crippen LogP contribution in [0.15, 0.2) is 35.4 Å². The van der Waals surface area contributed by atoms with Crippen molar-refractivity contribution in [2.45, 2.75) is 19.8 Å². The molecule has 0 fully saturated rings. The first-order valence-corrected chi connectivity index (χ1v) is 4.87. The summed E-state index contributed by atoms with van der Waals surface area (Å²) >= 11 is 0. The molecule has 0 saturated carbocycles. The van der Waals surface area contributed by atoms with Crippen LogP contribution in [-0.2, 0) is 6.42 Å². The van der Waals surface area contributed by atoms with Crippen LogP contribution in [0.3, 0.4) is 0 Å². The maximum absolute atomic E-state index is 10.5. The molecule has 0 aromatic heterocycles. The average Bonchev–Trinajstić information content (AvgIpc) is 2.25. The molecule has 0 saturated heterocycles. The second kappa shape index (κ2) is 5.80. The zero-order chi connectivity index (χ0) is 11.1. The van der Waals surface area contributed by atoms with Crippen molar-refractivity contribution in [1.29, 1.82) is 0 Å². The van der Waals surface area contributed by atoms with Gasteiger partial charge in [-0.2, -0.15) is 5.10 Å². The van der Waals surface area contributed by atoms with Gasteiger partial charge in [-0.15, -0.1) is 0 Å². The topological polar surface area (TPSA) is 67.5 Å². The average molecular weight is 205 g/mol. The van der Waals surface area contributed by atoms with Crippen LogP contribution in [-0.4, -0.2) is 11.7 Å². The summed E-state index contributed by atoms with van der Waals surface area (Å²) < 4.78 is 0. The Morgan fingerprint density at radius 1 is 1.40 bits per heavy atom. The molecule has 80 valence electrons. The summed E-state index contributed by atoms with van der Waals surface area (Å²) in [5.74, 6) is 0. The van der Waals surface area contributed by atoms with Gasteiger partial charge in [0.2, 0.25) is 0 Å². The Labute approximate surface area is 89.2 Å². The quantitative estimate of drug-likeness (QED) is 0.569. The molecule has 1 rings (SSSR count). The highest BCUT2D eigenvalue weighted by Crippen LogP contribution is 2.02. The van der Waals surface area contributed by atoms with Crippen LogP contribution < -0.4 is 11.2 Å². The first-order chi connectivity index (χ1) is 7.22. The number of urea groups is 1. The molecule has 4 nitrogen and oxygen atoms in total. The minimum absolute atomic E-state index is 0.631. The summed E-state index contributed by atoms with van der Waals surface area (Å²) in [6.45, 7) is 1.99. The molecule has 0 aliphatic rings. The number of hydrogen-bond acceptors (Lipinski definition) is 2. The molecule has 0 spiro atoms. The maximum Gasteiger partial charge on any atom is 0.332 e. The van der Waals surface area contributed by atoms with E-state index in [1.54, 1.807) is 0 Å². The van der Waals surface area contributed by atoms with Crippen molar-refractivity contribution in [3.05, 3.63) is 35.9 Å².